The minimum Gasteiger partial charge on any atom is -0.462 e. The first-order valence-electron chi connectivity index (χ1n) is 31.6. The third-order valence-electron chi connectivity index (χ3n) is 12.3. The molecule has 0 aliphatic heterocycles. The van der Waals surface area contributed by atoms with Crippen molar-refractivity contribution < 1.29 is 28.6 Å². The van der Waals surface area contributed by atoms with E-state index in [1.807, 2.05) is 6.08 Å². The van der Waals surface area contributed by atoms with Crippen LogP contribution in [0.4, 0.5) is 0 Å². The van der Waals surface area contributed by atoms with Crippen LogP contribution in [0.2, 0.25) is 0 Å². The van der Waals surface area contributed by atoms with E-state index in [0.29, 0.717) is 19.3 Å². The molecule has 0 heterocycles. The lowest BCUT2D eigenvalue weighted by molar-refractivity contribution is -0.166. The van der Waals surface area contributed by atoms with Crippen molar-refractivity contribution in [3.8, 4) is 0 Å². The predicted molar refractivity (Wildman–Crippen MR) is 352 cm³/mol. The van der Waals surface area contributed by atoms with Crippen LogP contribution in [0.25, 0.3) is 0 Å². The van der Waals surface area contributed by atoms with Crippen molar-refractivity contribution in [2.24, 2.45) is 0 Å². The summed E-state index contributed by atoms with van der Waals surface area (Å²) in [7, 11) is 0. The molecule has 81 heavy (non-hydrogen) atoms. The van der Waals surface area contributed by atoms with E-state index in [9.17, 15) is 14.4 Å². The Kier molecular flexibility index (Phi) is 61.6. The van der Waals surface area contributed by atoms with Gasteiger partial charge in [-0.2, -0.15) is 0 Å². The zero-order chi connectivity index (χ0) is 58.5. The highest BCUT2D eigenvalue weighted by Crippen LogP contribution is 2.11. The van der Waals surface area contributed by atoms with Crippen LogP contribution in [0, 0.1) is 0 Å². The summed E-state index contributed by atoms with van der Waals surface area (Å²) in [5.41, 5.74) is 0. The second kappa shape index (κ2) is 66.5. The van der Waals surface area contributed by atoms with Crippen molar-refractivity contribution in [2.45, 2.75) is 232 Å². The molecule has 0 aromatic rings. The van der Waals surface area contributed by atoms with Gasteiger partial charge in [0.25, 0.3) is 0 Å². The smallest absolute Gasteiger partial charge is 0.310 e. The topological polar surface area (TPSA) is 78.9 Å². The predicted octanol–water partition coefficient (Wildman–Crippen LogP) is 22.0. The number of carbonyl (C=O) groups excluding carboxylic acids is 3. The van der Waals surface area contributed by atoms with Gasteiger partial charge >= 0.3 is 17.9 Å². The van der Waals surface area contributed by atoms with Crippen molar-refractivity contribution in [1.29, 1.82) is 0 Å². The number of hydrogen-bond donors (Lipinski definition) is 0. The minimum absolute atomic E-state index is 0.0728. The maximum atomic E-state index is 12.8. The SMILES string of the molecule is CC/C=C\C/C=C\C/C=C\C/C=C\C/C=C\C/C=C\C/C=C\C/C=C\C/C=C\C/C=C\CCCCC(=O)OCC(COC(=O)CCCCCCC/C=C\C/C=C\CCCCC)OC(=O)C/C=C\C/C=C\C/C=C\C/C=C\C/C=C\CC. The van der Waals surface area contributed by atoms with Crippen LogP contribution in [0.1, 0.15) is 226 Å². The Hall–Kier alpha value is -6.01. The van der Waals surface area contributed by atoms with E-state index in [4.69, 9.17) is 14.2 Å². The maximum absolute atomic E-state index is 12.8. The van der Waals surface area contributed by atoms with Gasteiger partial charge in [-0.25, -0.2) is 0 Å². The average Bonchev–Trinajstić information content (AvgIpc) is 3.47. The van der Waals surface area contributed by atoms with Crippen LogP contribution in [0.3, 0.4) is 0 Å². The van der Waals surface area contributed by atoms with Gasteiger partial charge in [0.05, 0.1) is 6.42 Å². The fourth-order valence-electron chi connectivity index (χ4n) is 7.63. The second-order valence-corrected chi connectivity index (χ2v) is 19.9. The second-order valence-electron chi connectivity index (χ2n) is 19.9. The molecule has 0 N–H and O–H groups in total. The lowest BCUT2D eigenvalue weighted by Crippen LogP contribution is -2.30. The quantitative estimate of drug-likeness (QED) is 0.0261. The molecule has 0 saturated heterocycles. The standard InChI is InChI=1S/C75H112O6/c1-4-7-10-13-16-19-22-25-28-29-30-31-32-33-34-35-36-37-38-39-40-41-42-43-44-45-48-50-53-56-59-62-65-68-74(77)80-71-72(81-75(78)69-66-63-60-57-54-51-47-27-24-21-18-15-12-9-6-3)70-79-73(76)67-64-61-58-55-52-49-46-26-23-20-17-14-11-8-5-2/h7,9-10,12,16-21,25-28,30-31,33-34,36-37,39-40,42-43,45-48,53-54,56-57,63,66,72H,4-6,8,11,13-15,22-24,29,32,35,38,41,44,49-52,55,58-62,64-65,67-71H2,1-3H3/b10-7-,12-9-,19-16-,20-17-,21-18-,28-25-,31-30-,34-33-,37-36-,40-39-,43-42-,46-26-,47-27-,48-45-,56-53-,57-54-,66-63-. The molecule has 6 heteroatoms. The van der Waals surface area contributed by atoms with E-state index in [0.717, 1.165) is 148 Å². The summed E-state index contributed by atoms with van der Waals surface area (Å²) in [6.45, 7) is 6.23. The molecule has 0 aliphatic rings. The third kappa shape index (κ3) is 64.7. The lowest BCUT2D eigenvalue weighted by Gasteiger charge is -2.18. The fraction of sp³-hybridized carbons (Fsp3) is 0.507. The summed E-state index contributed by atoms with van der Waals surface area (Å²) in [5.74, 6) is -1.15. The van der Waals surface area contributed by atoms with Gasteiger partial charge in [0.15, 0.2) is 6.10 Å². The van der Waals surface area contributed by atoms with E-state index < -0.39 is 12.1 Å². The first-order chi connectivity index (χ1) is 40.0. The Balaban J connectivity index is 4.51. The number of esters is 3. The zero-order valence-electron chi connectivity index (χ0n) is 51.2. The molecule has 0 aromatic carbocycles. The van der Waals surface area contributed by atoms with Gasteiger partial charge < -0.3 is 14.2 Å². The van der Waals surface area contributed by atoms with E-state index in [-0.39, 0.29) is 38.0 Å². The Labute approximate surface area is 496 Å². The van der Waals surface area contributed by atoms with E-state index in [1.54, 1.807) is 6.08 Å². The van der Waals surface area contributed by atoms with Crippen molar-refractivity contribution in [3.63, 3.8) is 0 Å². The van der Waals surface area contributed by atoms with Crippen LogP contribution in [-0.4, -0.2) is 37.2 Å². The van der Waals surface area contributed by atoms with Crippen LogP contribution < -0.4 is 0 Å². The van der Waals surface area contributed by atoms with Crippen LogP contribution in [0.15, 0.2) is 207 Å². The minimum atomic E-state index is -0.870. The maximum Gasteiger partial charge on any atom is 0.310 e. The molecule has 0 amide bonds. The summed E-state index contributed by atoms with van der Waals surface area (Å²) < 4.78 is 16.7. The largest absolute Gasteiger partial charge is 0.462 e. The van der Waals surface area contributed by atoms with Crippen molar-refractivity contribution >= 4 is 17.9 Å². The Bertz CT molecular complexity index is 2000. The fourth-order valence-corrected chi connectivity index (χ4v) is 7.63. The summed E-state index contributed by atoms with van der Waals surface area (Å²) in [5, 5.41) is 0. The van der Waals surface area contributed by atoms with Gasteiger partial charge in [-0.05, 0) is 154 Å². The van der Waals surface area contributed by atoms with Gasteiger partial charge in [-0.3, -0.25) is 14.4 Å². The number of hydrogen-bond acceptors (Lipinski definition) is 6. The molecule has 6 nitrogen and oxygen atoms in total. The molecule has 0 spiro atoms. The molecule has 0 bridgehead atoms. The summed E-state index contributed by atoms with van der Waals surface area (Å²) in [6, 6.07) is 0. The molecule has 0 radical (unpaired) electrons. The average molecular weight is 1110 g/mol. The number of carbonyl (C=O) groups is 3. The first-order valence-corrected chi connectivity index (χ1v) is 31.6. The Morgan fingerprint density at radius 3 is 0.840 bits per heavy atom. The number of ether oxygens (including phenoxy) is 3. The molecule has 1 unspecified atom stereocenters. The number of rotatable bonds is 54. The van der Waals surface area contributed by atoms with Crippen LogP contribution >= 0.6 is 0 Å². The van der Waals surface area contributed by atoms with Crippen molar-refractivity contribution in [1.82, 2.24) is 0 Å². The van der Waals surface area contributed by atoms with Gasteiger partial charge in [0, 0.05) is 12.8 Å². The normalized spacial score (nSPS) is 13.6. The lowest BCUT2D eigenvalue weighted by atomic mass is 10.1. The monoisotopic (exact) mass is 1110 g/mol. The molecule has 0 rings (SSSR count). The third-order valence-corrected chi connectivity index (χ3v) is 12.3. The zero-order valence-corrected chi connectivity index (χ0v) is 51.2. The first kappa shape index (κ1) is 75.0. The Morgan fingerprint density at radius 1 is 0.272 bits per heavy atom. The molecule has 448 valence electrons. The van der Waals surface area contributed by atoms with Crippen molar-refractivity contribution in [2.75, 3.05) is 13.2 Å². The number of unbranched alkanes of at least 4 members (excludes halogenated alkanes) is 10. The van der Waals surface area contributed by atoms with Crippen LogP contribution in [-0.2, 0) is 28.6 Å². The Morgan fingerprint density at radius 2 is 0.519 bits per heavy atom. The molecular formula is C75H112O6. The molecule has 0 aromatic heterocycles. The van der Waals surface area contributed by atoms with E-state index in [1.165, 1.54) is 25.7 Å². The van der Waals surface area contributed by atoms with Gasteiger partial charge in [0.2, 0.25) is 0 Å². The summed E-state index contributed by atoms with van der Waals surface area (Å²) >= 11 is 0. The highest BCUT2D eigenvalue weighted by Gasteiger charge is 2.19. The van der Waals surface area contributed by atoms with E-state index in [2.05, 4.69) is 215 Å². The molecule has 0 fully saturated rings. The molecular weight excluding hydrogens is 997 g/mol. The molecule has 1 atom stereocenters. The van der Waals surface area contributed by atoms with Gasteiger partial charge in [0.1, 0.15) is 13.2 Å². The highest BCUT2D eigenvalue weighted by molar-refractivity contribution is 5.72. The van der Waals surface area contributed by atoms with Gasteiger partial charge in [-0.15, -0.1) is 0 Å². The number of allylic oxidation sites excluding steroid dienone is 33. The molecule has 0 aliphatic carbocycles. The van der Waals surface area contributed by atoms with Gasteiger partial charge in [-0.1, -0.05) is 259 Å². The summed E-state index contributed by atoms with van der Waals surface area (Å²) in [4.78, 5) is 38.2. The van der Waals surface area contributed by atoms with Crippen LogP contribution in [0.5, 0.6) is 0 Å². The van der Waals surface area contributed by atoms with E-state index >= 15 is 0 Å². The van der Waals surface area contributed by atoms with Crippen molar-refractivity contribution in [3.05, 3.63) is 207 Å². The molecule has 0 saturated carbocycles. The highest BCUT2D eigenvalue weighted by atomic mass is 16.6. The summed E-state index contributed by atoms with van der Waals surface area (Å²) in [6.07, 6.45) is 103.